The van der Waals surface area contributed by atoms with E-state index >= 15 is 0 Å². The summed E-state index contributed by atoms with van der Waals surface area (Å²) in [5.74, 6) is 0. The number of nitrogens with zero attached hydrogens (tertiary/aromatic N) is 1. The molecule has 2 unspecified atom stereocenters. The van der Waals surface area contributed by atoms with Crippen LogP contribution >= 0.6 is 0 Å². The molecule has 0 spiro atoms. The van der Waals surface area contributed by atoms with Crippen molar-refractivity contribution in [2.24, 2.45) is 0 Å². The van der Waals surface area contributed by atoms with Gasteiger partial charge in [-0.25, -0.2) is 16.8 Å². The summed E-state index contributed by atoms with van der Waals surface area (Å²) < 4.78 is 55.6. The van der Waals surface area contributed by atoms with Crippen LogP contribution in [0.15, 0.2) is 58.3 Å². The second-order valence-electron chi connectivity index (χ2n) is 7.99. The van der Waals surface area contributed by atoms with E-state index in [-0.39, 0.29) is 21.9 Å². The van der Waals surface area contributed by atoms with Crippen molar-refractivity contribution in [1.82, 2.24) is 4.31 Å². The van der Waals surface area contributed by atoms with Gasteiger partial charge in [-0.3, -0.25) is 4.72 Å². The Balaban J connectivity index is 1.78. The van der Waals surface area contributed by atoms with Crippen LogP contribution in [0.5, 0.6) is 0 Å². The van der Waals surface area contributed by atoms with Crippen molar-refractivity contribution in [2.45, 2.75) is 74.7 Å². The highest BCUT2D eigenvalue weighted by atomic mass is 32.2. The summed E-state index contributed by atoms with van der Waals surface area (Å²) in [4.78, 5) is 0.352. The molecule has 1 aliphatic heterocycles. The third-order valence-corrected chi connectivity index (χ3v) is 9.11. The summed E-state index contributed by atoms with van der Waals surface area (Å²) in [7, 11) is -7.37. The second-order valence-corrected chi connectivity index (χ2v) is 11.5. The molecule has 1 saturated heterocycles. The van der Waals surface area contributed by atoms with Gasteiger partial charge in [0.25, 0.3) is 10.0 Å². The average molecular weight is 451 g/mol. The molecular formula is C22H30N2O4S2. The minimum Gasteiger partial charge on any atom is -0.280 e. The number of rotatable bonds is 7. The minimum absolute atomic E-state index is 0.0485. The van der Waals surface area contributed by atoms with Crippen LogP contribution in [-0.2, 0) is 26.5 Å². The molecule has 2 aromatic carbocycles. The van der Waals surface area contributed by atoms with Gasteiger partial charge in [0, 0.05) is 17.8 Å². The van der Waals surface area contributed by atoms with Crippen molar-refractivity contribution in [2.75, 3.05) is 4.72 Å². The first-order valence-corrected chi connectivity index (χ1v) is 13.3. The molecule has 0 aliphatic carbocycles. The monoisotopic (exact) mass is 450 g/mol. The Morgan fingerprint density at radius 3 is 1.93 bits per heavy atom. The lowest BCUT2D eigenvalue weighted by Gasteiger charge is -2.37. The van der Waals surface area contributed by atoms with Gasteiger partial charge in [0.2, 0.25) is 10.0 Å². The molecule has 1 heterocycles. The van der Waals surface area contributed by atoms with Crippen LogP contribution < -0.4 is 4.72 Å². The van der Waals surface area contributed by atoms with E-state index < -0.39 is 20.0 Å². The molecule has 0 bridgehead atoms. The van der Waals surface area contributed by atoms with Gasteiger partial charge in [-0.15, -0.1) is 0 Å². The van der Waals surface area contributed by atoms with Gasteiger partial charge < -0.3 is 0 Å². The van der Waals surface area contributed by atoms with Gasteiger partial charge in [0.1, 0.15) is 0 Å². The molecule has 8 heteroatoms. The molecule has 1 aliphatic rings. The summed E-state index contributed by atoms with van der Waals surface area (Å²) in [6, 6.07) is 12.6. The second kappa shape index (κ2) is 9.08. The third kappa shape index (κ3) is 4.87. The largest absolute Gasteiger partial charge is 0.280 e. The van der Waals surface area contributed by atoms with E-state index in [0.29, 0.717) is 5.69 Å². The van der Waals surface area contributed by atoms with Crippen molar-refractivity contribution in [3.63, 3.8) is 0 Å². The first-order valence-electron chi connectivity index (χ1n) is 10.4. The molecule has 0 aromatic heterocycles. The smallest absolute Gasteiger partial charge is 0.261 e. The minimum atomic E-state index is -3.74. The van der Waals surface area contributed by atoms with Gasteiger partial charge >= 0.3 is 0 Å². The summed E-state index contributed by atoms with van der Waals surface area (Å²) in [6.45, 7) is 5.94. The quantitative estimate of drug-likeness (QED) is 0.678. The first kappa shape index (κ1) is 22.8. The molecule has 3 rings (SSSR count). The van der Waals surface area contributed by atoms with Crippen molar-refractivity contribution < 1.29 is 16.8 Å². The highest BCUT2D eigenvalue weighted by molar-refractivity contribution is 7.92. The molecule has 30 heavy (non-hydrogen) atoms. The number of aryl methyl sites for hydroxylation is 1. The van der Waals surface area contributed by atoms with Crippen LogP contribution in [0.1, 0.15) is 52.0 Å². The number of hydrogen-bond donors (Lipinski definition) is 1. The molecule has 0 saturated carbocycles. The van der Waals surface area contributed by atoms with Crippen LogP contribution in [0.4, 0.5) is 5.69 Å². The van der Waals surface area contributed by atoms with Crippen LogP contribution in [0.25, 0.3) is 0 Å². The Hall–Kier alpha value is -1.90. The van der Waals surface area contributed by atoms with E-state index in [4.69, 9.17) is 0 Å². The van der Waals surface area contributed by atoms with Crippen LogP contribution in [-0.4, -0.2) is 33.2 Å². The Bertz CT molecular complexity index is 1050. The Labute approximate surface area is 180 Å². The Morgan fingerprint density at radius 1 is 0.867 bits per heavy atom. The van der Waals surface area contributed by atoms with E-state index in [1.54, 1.807) is 16.4 Å². The Kier molecular flexibility index (Phi) is 6.89. The molecule has 1 N–H and O–H groups in total. The lowest BCUT2D eigenvalue weighted by molar-refractivity contribution is 0.204. The maximum atomic E-state index is 13.1. The van der Waals surface area contributed by atoms with Crippen molar-refractivity contribution >= 4 is 25.7 Å². The number of sulfonamides is 2. The fourth-order valence-corrected chi connectivity index (χ4v) is 6.97. The summed E-state index contributed by atoms with van der Waals surface area (Å²) >= 11 is 0. The van der Waals surface area contributed by atoms with Crippen LogP contribution in [0.3, 0.4) is 0 Å². The number of anilines is 1. The molecule has 1 fully saturated rings. The van der Waals surface area contributed by atoms with E-state index in [1.807, 2.05) is 26.0 Å². The zero-order valence-electron chi connectivity index (χ0n) is 17.7. The molecule has 164 valence electrons. The third-order valence-electron chi connectivity index (χ3n) is 5.57. The predicted molar refractivity (Wildman–Crippen MR) is 119 cm³/mol. The Morgan fingerprint density at radius 2 is 1.40 bits per heavy atom. The van der Waals surface area contributed by atoms with Gasteiger partial charge in [-0.2, -0.15) is 4.31 Å². The van der Waals surface area contributed by atoms with Gasteiger partial charge in [0.15, 0.2) is 0 Å². The number of benzene rings is 2. The zero-order chi connectivity index (χ0) is 21.9. The molecule has 0 amide bonds. The van der Waals surface area contributed by atoms with Crippen LogP contribution in [0, 0.1) is 0 Å². The lowest BCUT2D eigenvalue weighted by Crippen LogP contribution is -2.47. The van der Waals surface area contributed by atoms with E-state index in [1.165, 1.54) is 24.3 Å². The van der Waals surface area contributed by atoms with E-state index in [9.17, 15) is 16.8 Å². The normalized spacial score (nSPS) is 20.8. The molecule has 2 aromatic rings. The molecule has 0 radical (unpaired) electrons. The zero-order valence-corrected chi connectivity index (χ0v) is 19.3. The van der Waals surface area contributed by atoms with E-state index in [2.05, 4.69) is 11.6 Å². The molecular weight excluding hydrogens is 420 g/mol. The summed E-state index contributed by atoms with van der Waals surface area (Å²) in [5, 5.41) is 0. The fraction of sp³-hybridized carbons (Fsp3) is 0.455. The summed E-state index contributed by atoms with van der Waals surface area (Å²) in [6.07, 6.45) is 4.61. The average Bonchev–Trinajstić information content (AvgIpc) is 2.68. The maximum absolute atomic E-state index is 13.1. The highest BCUT2D eigenvalue weighted by Crippen LogP contribution is 2.30. The number of nitrogens with one attached hydrogen (secondary N) is 1. The van der Waals surface area contributed by atoms with Gasteiger partial charge in [-0.05, 0) is 75.1 Å². The number of piperidine rings is 1. The predicted octanol–water partition coefficient (Wildman–Crippen LogP) is 4.39. The maximum Gasteiger partial charge on any atom is 0.261 e. The highest BCUT2D eigenvalue weighted by Gasteiger charge is 2.35. The van der Waals surface area contributed by atoms with E-state index in [0.717, 1.165) is 37.7 Å². The van der Waals surface area contributed by atoms with Crippen molar-refractivity contribution in [3.05, 3.63) is 54.1 Å². The van der Waals surface area contributed by atoms with Crippen molar-refractivity contribution in [1.29, 1.82) is 0 Å². The van der Waals surface area contributed by atoms with Crippen LogP contribution in [0.2, 0.25) is 0 Å². The van der Waals surface area contributed by atoms with Crippen molar-refractivity contribution in [3.8, 4) is 0 Å². The topological polar surface area (TPSA) is 83.5 Å². The lowest BCUT2D eigenvalue weighted by atomic mass is 10.0. The molecule has 2 atom stereocenters. The van der Waals surface area contributed by atoms with Gasteiger partial charge in [-0.1, -0.05) is 31.9 Å². The standard InChI is InChI=1S/C22H30N2O4S2/c1-4-6-19-9-13-21(14-10-19)29(25,26)23-20-11-15-22(16-12-20)30(27,28)24-17(2)7-5-8-18(24)3/h9-18,23H,4-8H2,1-3H3. The van der Waals surface area contributed by atoms with Gasteiger partial charge in [0.05, 0.1) is 9.79 Å². The molecule has 6 nitrogen and oxygen atoms in total. The summed E-state index contributed by atoms with van der Waals surface area (Å²) in [5.41, 5.74) is 1.42. The number of hydrogen-bond acceptors (Lipinski definition) is 4. The first-order chi connectivity index (χ1) is 14.1. The fourth-order valence-electron chi connectivity index (χ4n) is 4.03. The SMILES string of the molecule is CCCc1ccc(S(=O)(=O)Nc2ccc(S(=O)(=O)N3C(C)CCCC3C)cc2)cc1.